The van der Waals surface area contributed by atoms with E-state index in [1.54, 1.807) is 0 Å². The summed E-state index contributed by atoms with van der Waals surface area (Å²) in [5, 5.41) is 0. The van der Waals surface area contributed by atoms with E-state index in [-0.39, 0.29) is 11.7 Å². The number of Topliss-reactive ketones (excluding diaryl/α,β-unsaturated/α-hetero) is 1. The van der Waals surface area contributed by atoms with Crippen LogP contribution in [0.3, 0.4) is 0 Å². The van der Waals surface area contributed by atoms with Crippen molar-refractivity contribution in [2.24, 2.45) is 17.8 Å². The minimum atomic E-state index is -0.528. The molecule has 0 N–H and O–H groups in total. The fraction of sp³-hybridized carbons (Fsp3) is 0.909. The highest BCUT2D eigenvalue weighted by molar-refractivity contribution is 5.85. The predicted molar refractivity (Wildman–Crippen MR) is 49.6 cm³/mol. The van der Waals surface area contributed by atoms with Crippen LogP contribution < -0.4 is 0 Å². The standard InChI is InChI=1S/C11H16O3/c12-10(11-13-3-4-14-11)9-6-7-1-2-8(9)5-7/h7-9,11H,1-6H2. The summed E-state index contributed by atoms with van der Waals surface area (Å²) in [4.78, 5) is 12.0. The van der Waals surface area contributed by atoms with E-state index in [9.17, 15) is 4.79 Å². The first-order valence-corrected chi connectivity index (χ1v) is 5.61. The van der Waals surface area contributed by atoms with Gasteiger partial charge in [-0.3, -0.25) is 4.79 Å². The maximum absolute atomic E-state index is 12.0. The fourth-order valence-electron chi connectivity index (χ4n) is 3.29. The average Bonchev–Trinajstić information content (AvgIpc) is 2.93. The van der Waals surface area contributed by atoms with Gasteiger partial charge in [0.05, 0.1) is 13.2 Å². The van der Waals surface area contributed by atoms with Crippen molar-refractivity contribution in [1.29, 1.82) is 0 Å². The SMILES string of the molecule is O=C(C1OCCO1)C1CC2CCC1C2. The zero-order chi connectivity index (χ0) is 9.54. The predicted octanol–water partition coefficient (Wildman–Crippen LogP) is 1.36. The molecule has 1 saturated heterocycles. The maximum Gasteiger partial charge on any atom is 0.218 e. The molecular formula is C11H16O3. The Balaban J connectivity index is 1.67. The zero-order valence-corrected chi connectivity index (χ0v) is 8.28. The van der Waals surface area contributed by atoms with Gasteiger partial charge in [-0.1, -0.05) is 6.42 Å². The molecule has 0 aromatic heterocycles. The topological polar surface area (TPSA) is 35.5 Å². The number of carbonyl (C=O) groups excluding carboxylic acids is 1. The van der Waals surface area contributed by atoms with Gasteiger partial charge in [0.2, 0.25) is 6.29 Å². The third kappa shape index (κ3) is 1.30. The van der Waals surface area contributed by atoms with E-state index < -0.39 is 6.29 Å². The highest BCUT2D eigenvalue weighted by atomic mass is 16.7. The first-order valence-electron chi connectivity index (χ1n) is 5.61. The quantitative estimate of drug-likeness (QED) is 0.669. The van der Waals surface area contributed by atoms with Crippen LogP contribution in [-0.2, 0) is 14.3 Å². The van der Waals surface area contributed by atoms with E-state index in [1.165, 1.54) is 19.3 Å². The molecule has 78 valence electrons. The van der Waals surface area contributed by atoms with Crippen molar-refractivity contribution in [2.75, 3.05) is 13.2 Å². The van der Waals surface area contributed by atoms with Gasteiger partial charge < -0.3 is 9.47 Å². The van der Waals surface area contributed by atoms with Gasteiger partial charge in [0, 0.05) is 5.92 Å². The Bertz CT molecular complexity index is 245. The normalized spacial score (nSPS) is 42.1. The second-order valence-corrected chi connectivity index (χ2v) is 4.76. The van der Waals surface area contributed by atoms with Gasteiger partial charge in [-0.25, -0.2) is 0 Å². The molecule has 0 aromatic carbocycles. The molecule has 0 amide bonds. The van der Waals surface area contributed by atoms with E-state index in [1.807, 2.05) is 0 Å². The van der Waals surface area contributed by atoms with Gasteiger partial charge in [-0.05, 0) is 31.1 Å². The van der Waals surface area contributed by atoms with Crippen molar-refractivity contribution in [3.63, 3.8) is 0 Å². The lowest BCUT2D eigenvalue weighted by molar-refractivity contribution is -0.150. The zero-order valence-electron chi connectivity index (χ0n) is 8.28. The van der Waals surface area contributed by atoms with Gasteiger partial charge in [-0.15, -0.1) is 0 Å². The van der Waals surface area contributed by atoms with Crippen LogP contribution in [0.25, 0.3) is 0 Å². The van der Waals surface area contributed by atoms with Crippen LogP contribution in [-0.4, -0.2) is 25.3 Å². The Hall–Kier alpha value is -0.410. The van der Waals surface area contributed by atoms with Crippen LogP contribution >= 0.6 is 0 Å². The molecule has 3 nitrogen and oxygen atoms in total. The molecule has 2 bridgehead atoms. The summed E-state index contributed by atoms with van der Waals surface area (Å²) in [6.45, 7) is 1.16. The molecule has 3 atom stereocenters. The fourth-order valence-corrected chi connectivity index (χ4v) is 3.29. The van der Waals surface area contributed by atoms with Gasteiger partial charge in [0.15, 0.2) is 5.78 Å². The minimum absolute atomic E-state index is 0.217. The molecular weight excluding hydrogens is 180 g/mol. The monoisotopic (exact) mass is 196 g/mol. The summed E-state index contributed by atoms with van der Waals surface area (Å²) in [7, 11) is 0. The van der Waals surface area contributed by atoms with Crippen molar-refractivity contribution in [1.82, 2.24) is 0 Å². The molecule has 0 spiro atoms. The molecule has 3 fully saturated rings. The van der Waals surface area contributed by atoms with E-state index >= 15 is 0 Å². The lowest BCUT2D eigenvalue weighted by Gasteiger charge is -2.22. The number of ether oxygens (including phenoxy) is 2. The second-order valence-electron chi connectivity index (χ2n) is 4.76. The lowest BCUT2D eigenvalue weighted by Crippen LogP contribution is -2.32. The first kappa shape index (κ1) is 8.86. The third-order valence-electron chi connectivity index (χ3n) is 3.96. The number of rotatable bonds is 2. The highest BCUT2D eigenvalue weighted by Crippen LogP contribution is 2.49. The molecule has 0 aromatic rings. The first-order chi connectivity index (χ1) is 6.84. The Kier molecular flexibility index (Phi) is 2.10. The van der Waals surface area contributed by atoms with Crippen molar-refractivity contribution in [3.05, 3.63) is 0 Å². The van der Waals surface area contributed by atoms with Gasteiger partial charge in [-0.2, -0.15) is 0 Å². The maximum atomic E-state index is 12.0. The summed E-state index contributed by atoms with van der Waals surface area (Å²) in [5.41, 5.74) is 0. The molecule has 2 saturated carbocycles. The van der Waals surface area contributed by atoms with Crippen molar-refractivity contribution in [3.8, 4) is 0 Å². The number of hydrogen-bond donors (Lipinski definition) is 0. The molecule has 1 heterocycles. The van der Waals surface area contributed by atoms with Crippen LogP contribution in [0, 0.1) is 17.8 Å². The van der Waals surface area contributed by atoms with Gasteiger partial charge in [0.1, 0.15) is 0 Å². The molecule has 0 radical (unpaired) electrons. The molecule has 1 aliphatic heterocycles. The van der Waals surface area contributed by atoms with Crippen molar-refractivity contribution >= 4 is 5.78 Å². The number of fused-ring (bicyclic) bond motifs is 2. The summed E-state index contributed by atoms with van der Waals surface area (Å²) in [5.74, 6) is 1.92. The minimum Gasteiger partial charge on any atom is -0.344 e. The van der Waals surface area contributed by atoms with Crippen molar-refractivity contribution < 1.29 is 14.3 Å². The number of ketones is 1. The van der Waals surface area contributed by atoms with E-state index in [0.29, 0.717) is 19.1 Å². The van der Waals surface area contributed by atoms with Crippen LogP contribution in [0.2, 0.25) is 0 Å². The molecule has 3 aliphatic rings. The summed E-state index contributed by atoms with van der Waals surface area (Å²) >= 11 is 0. The smallest absolute Gasteiger partial charge is 0.218 e. The summed E-state index contributed by atoms with van der Waals surface area (Å²) in [6, 6.07) is 0. The Morgan fingerprint density at radius 1 is 1.07 bits per heavy atom. The molecule has 3 heteroatoms. The third-order valence-corrected chi connectivity index (χ3v) is 3.96. The van der Waals surface area contributed by atoms with E-state index in [0.717, 1.165) is 12.3 Å². The summed E-state index contributed by atoms with van der Waals surface area (Å²) < 4.78 is 10.5. The largest absolute Gasteiger partial charge is 0.344 e. The molecule has 3 unspecified atom stereocenters. The Morgan fingerprint density at radius 3 is 2.43 bits per heavy atom. The van der Waals surface area contributed by atoms with Crippen LogP contribution in [0.5, 0.6) is 0 Å². The van der Waals surface area contributed by atoms with Crippen molar-refractivity contribution in [2.45, 2.75) is 32.0 Å². The van der Waals surface area contributed by atoms with Crippen LogP contribution in [0.15, 0.2) is 0 Å². The van der Waals surface area contributed by atoms with Gasteiger partial charge >= 0.3 is 0 Å². The molecule has 14 heavy (non-hydrogen) atoms. The molecule has 3 rings (SSSR count). The van der Waals surface area contributed by atoms with Crippen LogP contribution in [0.1, 0.15) is 25.7 Å². The lowest BCUT2D eigenvalue weighted by atomic mass is 9.85. The Labute approximate surface area is 83.8 Å². The van der Waals surface area contributed by atoms with Crippen LogP contribution in [0.4, 0.5) is 0 Å². The van der Waals surface area contributed by atoms with Gasteiger partial charge in [0.25, 0.3) is 0 Å². The Morgan fingerprint density at radius 2 is 1.86 bits per heavy atom. The molecule has 2 aliphatic carbocycles. The second kappa shape index (κ2) is 3.31. The average molecular weight is 196 g/mol. The number of carbonyl (C=O) groups is 1. The summed E-state index contributed by atoms with van der Waals surface area (Å²) in [6.07, 6.45) is 4.41. The van der Waals surface area contributed by atoms with E-state index in [2.05, 4.69) is 0 Å². The highest BCUT2D eigenvalue weighted by Gasteiger charge is 2.45. The van der Waals surface area contributed by atoms with E-state index in [4.69, 9.17) is 9.47 Å². The number of hydrogen-bond acceptors (Lipinski definition) is 3.